The Morgan fingerprint density at radius 2 is 1.63 bits per heavy atom. The van der Waals surface area contributed by atoms with Crippen molar-refractivity contribution in [3.8, 4) is 0 Å². The number of ether oxygens (including phenoxy) is 1. The average Bonchev–Trinajstić information content (AvgIpc) is 2.27. The molecular formula is C11H11Cl4NO3. The summed E-state index contributed by atoms with van der Waals surface area (Å²) in [5, 5.41) is 3.56. The van der Waals surface area contributed by atoms with Crippen LogP contribution in [0.3, 0.4) is 0 Å². The Balaban J connectivity index is 0.000000711. The standard InChI is InChI=1S/C10H11Cl2NO2.CCl2O/c1-15-3-2-13-10(14)7-4-8(11)6-9(12)5-7;2-1(3)4/h4-6H,2-3H2,1H3,(H,13,14);. The molecule has 8 heteroatoms. The number of carbonyl (C=O) groups is 2. The highest BCUT2D eigenvalue weighted by Gasteiger charge is 2.06. The fourth-order valence-electron chi connectivity index (χ4n) is 1.05. The van der Waals surface area contributed by atoms with Crippen LogP contribution >= 0.6 is 46.4 Å². The maximum Gasteiger partial charge on any atom is 0.313 e. The van der Waals surface area contributed by atoms with Gasteiger partial charge in [0.25, 0.3) is 5.91 Å². The summed E-state index contributed by atoms with van der Waals surface area (Å²) >= 11 is 20.3. The topological polar surface area (TPSA) is 55.4 Å². The van der Waals surface area contributed by atoms with Crippen LogP contribution in [0.5, 0.6) is 0 Å². The molecule has 0 heterocycles. The Kier molecular flexibility index (Phi) is 10.0. The van der Waals surface area contributed by atoms with Crippen LogP contribution in [0.15, 0.2) is 18.2 Å². The van der Waals surface area contributed by atoms with Gasteiger partial charge in [0.05, 0.1) is 6.61 Å². The van der Waals surface area contributed by atoms with Gasteiger partial charge in [0.1, 0.15) is 0 Å². The van der Waals surface area contributed by atoms with Gasteiger partial charge in [0.15, 0.2) is 0 Å². The summed E-state index contributed by atoms with van der Waals surface area (Å²) in [7, 11) is 1.57. The Morgan fingerprint density at radius 1 is 1.16 bits per heavy atom. The third-order valence-corrected chi connectivity index (χ3v) is 2.15. The second-order valence-electron chi connectivity index (χ2n) is 3.13. The predicted molar refractivity (Wildman–Crippen MR) is 77.8 cm³/mol. The molecule has 1 aromatic rings. The van der Waals surface area contributed by atoms with Crippen LogP contribution in [0.1, 0.15) is 10.4 Å². The van der Waals surface area contributed by atoms with Gasteiger partial charge in [-0.3, -0.25) is 9.59 Å². The molecule has 0 aliphatic rings. The van der Waals surface area contributed by atoms with Crippen molar-refractivity contribution >= 4 is 57.0 Å². The summed E-state index contributed by atoms with van der Waals surface area (Å²) in [5.74, 6) is -0.212. The molecule has 1 aromatic carbocycles. The number of rotatable bonds is 4. The highest BCUT2D eigenvalue weighted by Crippen LogP contribution is 2.18. The molecule has 0 spiro atoms. The summed E-state index contributed by atoms with van der Waals surface area (Å²) in [6, 6.07) is 4.71. The number of methoxy groups -OCH3 is 1. The van der Waals surface area contributed by atoms with Crippen molar-refractivity contribution in [3.05, 3.63) is 33.8 Å². The van der Waals surface area contributed by atoms with Crippen LogP contribution in [0, 0.1) is 0 Å². The van der Waals surface area contributed by atoms with Gasteiger partial charge in [0, 0.05) is 29.3 Å². The van der Waals surface area contributed by atoms with Crippen LogP contribution in [0.4, 0.5) is 4.79 Å². The molecule has 1 rings (SSSR count). The molecule has 106 valence electrons. The van der Waals surface area contributed by atoms with E-state index >= 15 is 0 Å². The van der Waals surface area contributed by atoms with E-state index in [-0.39, 0.29) is 5.91 Å². The lowest BCUT2D eigenvalue weighted by molar-refractivity contribution is 0.0937. The van der Waals surface area contributed by atoms with Crippen molar-refractivity contribution in [3.63, 3.8) is 0 Å². The van der Waals surface area contributed by atoms with E-state index in [2.05, 4.69) is 28.5 Å². The minimum absolute atomic E-state index is 0.212. The first-order valence-electron chi connectivity index (χ1n) is 4.95. The largest absolute Gasteiger partial charge is 0.383 e. The van der Waals surface area contributed by atoms with E-state index < -0.39 is 4.70 Å². The molecule has 0 aromatic heterocycles. The Morgan fingerprint density at radius 3 is 2.05 bits per heavy atom. The van der Waals surface area contributed by atoms with E-state index in [1.165, 1.54) is 0 Å². The molecule has 0 saturated carbocycles. The number of hydrogen-bond donors (Lipinski definition) is 1. The van der Waals surface area contributed by atoms with Crippen molar-refractivity contribution in [2.75, 3.05) is 20.3 Å². The fourth-order valence-corrected chi connectivity index (χ4v) is 1.58. The minimum atomic E-state index is -0.889. The summed E-state index contributed by atoms with van der Waals surface area (Å²) in [4.78, 5) is 20.5. The summed E-state index contributed by atoms with van der Waals surface area (Å²) in [6.07, 6.45) is 0. The van der Waals surface area contributed by atoms with Crippen molar-refractivity contribution < 1.29 is 14.3 Å². The van der Waals surface area contributed by atoms with Gasteiger partial charge in [-0.1, -0.05) is 23.2 Å². The molecule has 19 heavy (non-hydrogen) atoms. The van der Waals surface area contributed by atoms with Crippen molar-refractivity contribution in [2.24, 2.45) is 0 Å². The summed E-state index contributed by atoms with van der Waals surface area (Å²) in [6.45, 7) is 0.930. The zero-order chi connectivity index (χ0) is 14.8. The van der Waals surface area contributed by atoms with Crippen LogP contribution in [0.25, 0.3) is 0 Å². The highest BCUT2D eigenvalue weighted by molar-refractivity contribution is 6.93. The molecule has 1 amide bonds. The van der Waals surface area contributed by atoms with E-state index in [9.17, 15) is 4.79 Å². The third kappa shape index (κ3) is 9.99. The fraction of sp³-hybridized carbons (Fsp3) is 0.273. The number of benzene rings is 1. The van der Waals surface area contributed by atoms with Gasteiger partial charge in [-0.05, 0) is 41.4 Å². The SMILES string of the molecule is COCCNC(=O)c1cc(Cl)cc(Cl)c1.O=C(Cl)Cl. The Labute approximate surface area is 130 Å². The lowest BCUT2D eigenvalue weighted by Crippen LogP contribution is -2.26. The van der Waals surface area contributed by atoms with Crippen molar-refractivity contribution in [1.29, 1.82) is 0 Å². The number of amides is 1. The Hall–Kier alpha value is -0.520. The van der Waals surface area contributed by atoms with Gasteiger partial charge in [0.2, 0.25) is 0 Å². The summed E-state index contributed by atoms with van der Waals surface area (Å²) in [5.41, 5.74) is 0.448. The third-order valence-electron chi connectivity index (χ3n) is 1.72. The van der Waals surface area contributed by atoms with Gasteiger partial charge < -0.3 is 10.1 Å². The number of hydrogen-bond acceptors (Lipinski definition) is 3. The van der Waals surface area contributed by atoms with Gasteiger partial charge >= 0.3 is 4.70 Å². The molecule has 4 nitrogen and oxygen atoms in total. The van der Waals surface area contributed by atoms with Crippen LogP contribution in [-0.2, 0) is 4.74 Å². The second kappa shape index (κ2) is 10.3. The maximum absolute atomic E-state index is 11.5. The van der Waals surface area contributed by atoms with Gasteiger partial charge in [-0.15, -0.1) is 0 Å². The average molecular weight is 347 g/mol. The molecule has 0 radical (unpaired) electrons. The first kappa shape index (κ1) is 18.5. The number of carbonyl (C=O) groups excluding carboxylic acids is 2. The second-order valence-corrected chi connectivity index (χ2v) is 4.89. The first-order chi connectivity index (χ1) is 8.86. The zero-order valence-corrected chi connectivity index (χ0v) is 12.9. The molecule has 0 bridgehead atoms. The molecule has 0 atom stereocenters. The van der Waals surface area contributed by atoms with Gasteiger partial charge in [-0.25, -0.2) is 0 Å². The quantitative estimate of drug-likeness (QED) is 0.663. The normalized spacial score (nSPS) is 9.32. The monoisotopic (exact) mass is 345 g/mol. The molecule has 0 unspecified atom stereocenters. The molecular weight excluding hydrogens is 336 g/mol. The molecule has 0 aliphatic carbocycles. The zero-order valence-electron chi connectivity index (χ0n) is 9.88. The summed E-state index contributed by atoms with van der Waals surface area (Å²) < 4.78 is 3.92. The van der Waals surface area contributed by atoms with E-state index in [0.29, 0.717) is 28.8 Å². The van der Waals surface area contributed by atoms with Crippen molar-refractivity contribution in [2.45, 2.75) is 0 Å². The lowest BCUT2D eigenvalue weighted by atomic mass is 10.2. The van der Waals surface area contributed by atoms with E-state index in [1.807, 2.05) is 0 Å². The molecule has 0 saturated heterocycles. The Bertz CT molecular complexity index is 416. The molecule has 1 N–H and O–H groups in total. The number of nitrogens with one attached hydrogen (secondary N) is 1. The van der Waals surface area contributed by atoms with Crippen LogP contribution in [0.2, 0.25) is 10.0 Å². The predicted octanol–water partition coefficient (Wildman–Crippen LogP) is 3.95. The molecule has 0 fully saturated rings. The van der Waals surface area contributed by atoms with Gasteiger partial charge in [-0.2, -0.15) is 0 Å². The molecule has 0 aliphatic heterocycles. The number of halogens is 4. The lowest BCUT2D eigenvalue weighted by Gasteiger charge is -2.05. The minimum Gasteiger partial charge on any atom is -0.383 e. The van der Waals surface area contributed by atoms with E-state index in [4.69, 9.17) is 32.7 Å². The smallest absolute Gasteiger partial charge is 0.313 e. The van der Waals surface area contributed by atoms with Crippen LogP contribution in [-0.4, -0.2) is 30.9 Å². The van der Waals surface area contributed by atoms with Crippen LogP contribution < -0.4 is 5.32 Å². The maximum atomic E-state index is 11.5. The first-order valence-corrected chi connectivity index (χ1v) is 6.46. The van der Waals surface area contributed by atoms with E-state index in [0.717, 1.165) is 0 Å². The van der Waals surface area contributed by atoms with E-state index in [1.54, 1.807) is 25.3 Å². The van der Waals surface area contributed by atoms with Crippen molar-refractivity contribution in [1.82, 2.24) is 5.32 Å². The highest BCUT2D eigenvalue weighted by atomic mass is 35.5.